The number of carbonyl (C=O) groups is 3. The lowest BCUT2D eigenvalue weighted by atomic mass is 9.67. The summed E-state index contributed by atoms with van der Waals surface area (Å²) < 4.78 is 27.3. The van der Waals surface area contributed by atoms with Crippen LogP contribution in [0.25, 0.3) is 0 Å². The zero-order valence-corrected chi connectivity index (χ0v) is 23.7. The SMILES string of the molecule is CCOC(=O)C1=C(C)NC2=C(C(=O)[C@H](C(=O)OCC)[C@H](c3cccc(OC)c3)C2)[C@H]1c1ccc(OC)cc1OC. The van der Waals surface area contributed by atoms with Gasteiger partial charge in [0.1, 0.15) is 23.2 Å². The zero-order chi connectivity index (χ0) is 29.0. The molecular formula is C31H35NO8. The molecule has 4 rings (SSSR count). The van der Waals surface area contributed by atoms with Crippen molar-refractivity contribution in [1.82, 2.24) is 5.32 Å². The molecule has 1 N–H and O–H groups in total. The predicted molar refractivity (Wildman–Crippen MR) is 147 cm³/mol. The standard InChI is InChI=1S/C31H35NO8/c1-7-39-30(34)25-17(3)32-23-16-22(18-10-9-11-19(14-18)36-4)27(31(35)40-8-2)29(33)28(23)26(25)21-13-12-20(37-5)15-24(21)38-6/h9-15,22,26-27,32H,7-8,16H2,1-6H3/t22-,26-,27+/m0/s1. The zero-order valence-electron chi connectivity index (χ0n) is 23.7. The van der Waals surface area contributed by atoms with Crippen molar-refractivity contribution in [3.05, 3.63) is 76.1 Å². The predicted octanol–water partition coefficient (Wildman–Crippen LogP) is 4.43. The Morgan fingerprint density at radius 1 is 0.925 bits per heavy atom. The van der Waals surface area contributed by atoms with Gasteiger partial charge in [-0.15, -0.1) is 0 Å². The molecule has 0 radical (unpaired) electrons. The molecule has 0 aromatic heterocycles. The fourth-order valence-corrected chi connectivity index (χ4v) is 5.57. The number of hydrogen-bond donors (Lipinski definition) is 1. The van der Waals surface area contributed by atoms with E-state index in [1.54, 1.807) is 53.2 Å². The first kappa shape index (κ1) is 28.7. The van der Waals surface area contributed by atoms with E-state index in [1.165, 1.54) is 7.11 Å². The van der Waals surface area contributed by atoms with E-state index in [0.717, 1.165) is 5.56 Å². The minimum Gasteiger partial charge on any atom is -0.497 e. The second kappa shape index (κ2) is 12.3. The van der Waals surface area contributed by atoms with Gasteiger partial charge in [0.2, 0.25) is 0 Å². The van der Waals surface area contributed by atoms with Crippen molar-refractivity contribution >= 4 is 17.7 Å². The van der Waals surface area contributed by atoms with Crippen LogP contribution in [0.1, 0.15) is 50.2 Å². The molecule has 2 aromatic carbocycles. The molecular weight excluding hydrogens is 514 g/mol. The molecule has 9 nitrogen and oxygen atoms in total. The van der Waals surface area contributed by atoms with Gasteiger partial charge in [0, 0.05) is 34.5 Å². The molecule has 3 atom stereocenters. The summed E-state index contributed by atoms with van der Waals surface area (Å²) >= 11 is 0. The van der Waals surface area contributed by atoms with E-state index >= 15 is 0 Å². The minimum absolute atomic E-state index is 0.125. The first-order chi connectivity index (χ1) is 19.3. The summed E-state index contributed by atoms with van der Waals surface area (Å²) in [5.41, 5.74) is 3.14. The Labute approximate surface area is 234 Å². The number of hydrogen-bond acceptors (Lipinski definition) is 9. The number of dihydropyridines is 1. The topological polar surface area (TPSA) is 109 Å². The highest BCUT2D eigenvalue weighted by Gasteiger charge is 2.49. The summed E-state index contributed by atoms with van der Waals surface area (Å²) in [5.74, 6) is -2.46. The Morgan fingerprint density at radius 2 is 1.62 bits per heavy atom. The maximum Gasteiger partial charge on any atom is 0.336 e. The fraction of sp³-hybridized carbons (Fsp3) is 0.387. The van der Waals surface area contributed by atoms with Crippen LogP contribution in [0, 0.1) is 5.92 Å². The third-order valence-corrected chi connectivity index (χ3v) is 7.33. The van der Waals surface area contributed by atoms with Crippen LogP contribution in [0.3, 0.4) is 0 Å². The lowest BCUT2D eigenvalue weighted by molar-refractivity contribution is -0.152. The van der Waals surface area contributed by atoms with Crippen molar-refractivity contribution in [3.63, 3.8) is 0 Å². The third-order valence-electron chi connectivity index (χ3n) is 7.33. The largest absolute Gasteiger partial charge is 0.497 e. The highest BCUT2D eigenvalue weighted by Crippen LogP contribution is 2.50. The maximum atomic E-state index is 14.5. The second-order valence-electron chi connectivity index (χ2n) is 9.50. The molecule has 0 fully saturated rings. The summed E-state index contributed by atoms with van der Waals surface area (Å²) in [6.07, 6.45) is 0.333. The van der Waals surface area contributed by atoms with Gasteiger partial charge in [0.05, 0.1) is 46.0 Å². The van der Waals surface area contributed by atoms with E-state index in [0.29, 0.717) is 46.2 Å². The molecule has 0 spiro atoms. The van der Waals surface area contributed by atoms with Gasteiger partial charge >= 0.3 is 11.9 Å². The average molecular weight is 550 g/mol. The molecule has 1 aliphatic heterocycles. The van der Waals surface area contributed by atoms with E-state index < -0.39 is 35.5 Å². The van der Waals surface area contributed by atoms with Crippen molar-refractivity contribution in [1.29, 1.82) is 0 Å². The average Bonchev–Trinajstić information content (AvgIpc) is 2.96. The number of carbonyl (C=O) groups excluding carboxylic acids is 3. The summed E-state index contributed by atoms with van der Waals surface area (Å²) in [6.45, 7) is 5.49. The van der Waals surface area contributed by atoms with E-state index in [1.807, 2.05) is 24.3 Å². The summed E-state index contributed by atoms with van der Waals surface area (Å²) in [7, 11) is 4.62. The highest BCUT2D eigenvalue weighted by molar-refractivity contribution is 6.13. The van der Waals surface area contributed by atoms with Crippen LogP contribution in [-0.4, -0.2) is 52.3 Å². The quantitative estimate of drug-likeness (QED) is 0.359. The van der Waals surface area contributed by atoms with Gasteiger partial charge in [-0.1, -0.05) is 18.2 Å². The molecule has 0 amide bonds. The Balaban J connectivity index is 1.95. The van der Waals surface area contributed by atoms with Gasteiger partial charge < -0.3 is 29.0 Å². The van der Waals surface area contributed by atoms with E-state index in [-0.39, 0.29) is 18.8 Å². The molecule has 0 bridgehead atoms. The Kier molecular flexibility index (Phi) is 8.82. The number of benzene rings is 2. The Hall–Kier alpha value is -4.27. The Morgan fingerprint density at radius 3 is 2.27 bits per heavy atom. The van der Waals surface area contributed by atoms with Gasteiger partial charge in [0.15, 0.2) is 5.78 Å². The van der Waals surface area contributed by atoms with Crippen LogP contribution in [0.15, 0.2) is 65.0 Å². The number of esters is 2. The van der Waals surface area contributed by atoms with Gasteiger partial charge in [-0.3, -0.25) is 9.59 Å². The summed E-state index contributed by atoms with van der Waals surface area (Å²) in [6, 6.07) is 12.5. The third kappa shape index (κ3) is 5.28. The minimum atomic E-state index is -1.12. The van der Waals surface area contributed by atoms with E-state index in [9.17, 15) is 14.4 Å². The number of nitrogens with one attached hydrogen (secondary N) is 1. The number of methoxy groups -OCH3 is 3. The first-order valence-corrected chi connectivity index (χ1v) is 13.2. The van der Waals surface area contributed by atoms with Gasteiger partial charge in [-0.25, -0.2) is 4.79 Å². The van der Waals surface area contributed by atoms with Crippen molar-refractivity contribution in [2.45, 2.75) is 39.0 Å². The highest BCUT2D eigenvalue weighted by atomic mass is 16.5. The summed E-state index contributed by atoms with van der Waals surface area (Å²) in [5, 5.41) is 3.31. The van der Waals surface area contributed by atoms with E-state index in [2.05, 4.69) is 5.32 Å². The van der Waals surface area contributed by atoms with Crippen molar-refractivity contribution in [2.24, 2.45) is 5.92 Å². The monoisotopic (exact) mass is 549 g/mol. The molecule has 9 heteroatoms. The number of ketones is 1. The smallest absolute Gasteiger partial charge is 0.336 e. The number of ether oxygens (including phenoxy) is 5. The molecule has 0 unspecified atom stereocenters. The number of rotatable bonds is 9. The van der Waals surface area contributed by atoms with Gasteiger partial charge in [-0.05, 0) is 51.0 Å². The van der Waals surface area contributed by atoms with Crippen molar-refractivity contribution in [3.8, 4) is 17.2 Å². The fourth-order valence-electron chi connectivity index (χ4n) is 5.57. The molecule has 2 aliphatic rings. The molecule has 1 heterocycles. The molecule has 1 aliphatic carbocycles. The van der Waals surface area contributed by atoms with Crippen LogP contribution in [0.5, 0.6) is 17.2 Å². The van der Waals surface area contributed by atoms with Gasteiger partial charge in [-0.2, -0.15) is 0 Å². The normalized spacial score (nSPS) is 20.4. The molecule has 212 valence electrons. The number of Topliss-reactive ketones (excluding diaryl/α,β-unsaturated/α-hetero) is 1. The molecule has 0 saturated carbocycles. The lowest BCUT2D eigenvalue weighted by Gasteiger charge is -2.39. The van der Waals surface area contributed by atoms with Crippen LogP contribution >= 0.6 is 0 Å². The van der Waals surface area contributed by atoms with Crippen molar-refractivity contribution in [2.75, 3.05) is 34.5 Å². The van der Waals surface area contributed by atoms with Crippen molar-refractivity contribution < 1.29 is 38.1 Å². The Bertz CT molecular complexity index is 1380. The van der Waals surface area contributed by atoms with E-state index in [4.69, 9.17) is 23.7 Å². The molecule has 0 saturated heterocycles. The van der Waals surface area contributed by atoms with Crippen LogP contribution in [0.4, 0.5) is 0 Å². The first-order valence-electron chi connectivity index (χ1n) is 13.2. The van der Waals surface area contributed by atoms with Crippen LogP contribution < -0.4 is 19.5 Å². The second-order valence-corrected chi connectivity index (χ2v) is 9.50. The van der Waals surface area contributed by atoms with Gasteiger partial charge in [0.25, 0.3) is 0 Å². The lowest BCUT2D eigenvalue weighted by Crippen LogP contribution is -2.43. The maximum absolute atomic E-state index is 14.5. The van der Waals surface area contributed by atoms with Crippen LogP contribution in [-0.2, 0) is 23.9 Å². The molecule has 40 heavy (non-hydrogen) atoms. The molecule has 2 aromatic rings. The summed E-state index contributed by atoms with van der Waals surface area (Å²) in [4.78, 5) is 41.2. The number of allylic oxidation sites excluding steroid dienone is 3. The van der Waals surface area contributed by atoms with Crippen LogP contribution in [0.2, 0.25) is 0 Å².